The van der Waals surface area contributed by atoms with Gasteiger partial charge in [-0.2, -0.15) is 0 Å². The van der Waals surface area contributed by atoms with Gasteiger partial charge in [0.2, 0.25) is 0 Å². The molecule has 0 amide bonds. The number of hydrogen-bond donors (Lipinski definition) is 0. The van der Waals surface area contributed by atoms with Gasteiger partial charge in [0.25, 0.3) is 6.43 Å². The van der Waals surface area contributed by atoms with Gasteiger partial charge in [-0.3, -0.25) is 4.98 Å². The molecule has 0 aliphatic rings. The number of ether oxygens (including phenoxy) is 1. The van der Waals surface area contributed by atoms with E-state index in [4.69, 9.17) is 0 Å². The summed E-state index contributed by atoms with van der Waals surface area (Å²) in [4.78, 5) is 4.55. The summed E-state index contributed by atoms with van der Waals surface area (Å²) in [5.74, 6) is -2.68. The van der Waals surface area contributed by atoms with Crippen molar-refractivity contribution in [2.75, 3.05) is 0 Å². The minimum Gasteiger partial charge on any atom is -0.459 e. The summed E-state index contributed by atoms with van der Waals surface area (Å²) in [6.07, 6.45) is 2.21. The zero-order valence-electron chi connectivity index (χ0n) is 19.0. The van der Waals surface area contributed by atoms with E-state index in [2.05, 4.69) is 22.7 Å². The predicted molar refractivity (Wildman–Crippen MR) is 130 cm³/mol. The average Bonchev–Trinajstić information content (AvgIpc) is 2.86. The topological polar surface area (TPSA) is 22.1 Å². The van der Waals surface area contributed by atoms with Crippen molar-refractivity contribution in [1.82, 2.24) is 4.98 Å². The highest BCUT2D eigenvalue weighted by Gasteiger charge is 2.14. The van der Waals surface area contributed by atoms with Gasteiger partial charge in [0.15, 0.2) is 17.4 Å². The van der Waals surface area contributed by atoms with Crippen LogP contribution in [0.15, 0.2) is 91.3 Å². The maximum atomic E-state index is 14.3. The smallest absolute Gasteiger partial charge is 0.260 e. The zero-order chi connectivity index (χ0) is 24.8. The molecule has 2 nitrogen and oxygen atoms in total. The van der Waals surface area contributed by atoms with Gasteiger partial charge in [0.05, 0.1) is 12.0 Å². The number of allylic oxidation sites excluding steroid dienone is 1. The molecule has 0 aliphatic heterocycles. The molecule has 3 aromatic carbocycles. The SMILES string of the molecule is CCCc1ccc(-c2ccc(-c3ccc(-c4cc(F)c(OC=CC(F)F)c(F)c4)cc3)cc2)nc1. The molecular formula is C29H23F4NO. The summed E-state index contributed by atoms with van der Waals surface area (Å²) < 4.78 is 57.6. The molecule has 1 heterocycles. The first-order valence-corrected chi connectivity index (χ1v) is 11.2. The summed E-state index contributed by atoms with van der Waals surface area (Å²) in [5, 5.41) is 0. The van der Waals surface area contributed by atoms with Gasteiger partial charge in [0, 0.05) is 17.8 Å². The van der Waals surface area contributed by atoms with E-state index in [0.717, 1.165) is 47.4 Å². The maximum absolute atomic E-state index is 14.3. The van der Waals surface area contributed by atoms with Crippen molar-refractivity contribution in [3.05, 3.63) is 109 Å². The number of aryl methyl sites for hydroxylation is 1. The summed E-state index contributed by atoms with van der Waals surface area (Å²) in [6, 6.07) is 21.6. The predicted octanol–water partition coefficient (Wildman–Crippen LogP) is 8.47. The van der Waals surface area contributed by atoms with Crippen molar-refractivity contribution in [2.24, 2.45) is 0 Å². The second kappa shape index (κ2) is 11.0. The van der Waals surface area contributed by atoms with Crippen molar-refractivity contribution in [2.45, 2.75) is 26.2 Å². The van der Waals surface area contributed by atoms with Crippen LogP contribution >= 0.6 is 0 Å². The van der Waals surface area contributed by atoms with Crippen LogP contribution in [0.2, 0.25) is 0 Å². The van der Waals surface area contributed by atoms with E-state index in [1.165, 1.54) is 5.56 Å². The largest absolute Gasteiger partial charge is 0.459 e. The van der Waals surface area contributed by atoms with E-state index in [-0.39, 0.29) is 0 Å². The van der Waals surface area contributed by atoms with Gasteiger partial charge in [-0.1, -0.05) is 67.9 Å². The highest BCUT2D eigenvalue weighted by Crippen LogP contribution is 2.31. The highest BCUT2D eigenvalue weighted by molar-refractivity contribution is 5.73. The molecule has 0 spiro atoms. The van der Waals surface area contributed by atoms with Gasteiger partial charge in [0.1, 0.15) is 0 Å². The van der Waals surface area contributed by atoms with Crippen LogP contribution in [0.1, 0.15) is 18.9 Å². The van der Waals surface area contributed by atoms with Gasteiger partial charge in [-0.05, 0) is 52.4 Å². The fourth-order valence-corrected chi connectivity index (χ4v) is 3.73. The van der Waals surface area contributed by atoms with Crippen molar-refractivity contribution in [1.29, 1.82) is 0 Å². The van der Waals surface area contributed by atoms with Crippen molar-refractivity contribution < 1.29 is 22.3 Å². The monoisotopic (exact) mass is 477 g/mol. The fraction of sp³-hybridized carbons (Fsp3) is 0.138. The lowest BCUT2D eigenvalue weighted by Crippen LogP contribution is -1.94. The van der Waals surface area contributed by atoms with Crippen molar-refractivity contribution >= 4 is 0 Å². The number of rotatable bonds is 8. The van der Waals surface area contributed by atoms with Gasteiger partial charge < -0.3 is 4.74 Å². The van der Waals surface area contributed by atoms with E-state index in [1.54, 1.807) is 12.1 Å². The van der Waals surface area contributed by atoms with Crippen LogP contribution in [-0.4, -0.2) is 11.4 Å². The molecular weight excluding hydrogens is 454 g/mol. The van der Waals surface area contributed by atoms with Gasteiger partial charge in [-0.25, -0.2) is 17.6 Å². The summed E-state index contributed by atoms with van der Waals surface area (Å²) in [7, 11) is 0. The Hall–Kier alpha value is -3.93. The van der Waals surface area contributed by atoms with Crippen LogP contribution in [0.5, 0.6) is 5.75 Å². The molecule has 4 aromatic rings. The lowest BCUT2D eigenvalue weighted by molar-refractivity contribution is 0.200. The third kappa shape index (κ3) is 5.96. The first-order chi connectivity index (χ1) is 16.9. The van der Waals surface area contributed by atoms with Crippen LogP contribution in [0.4, 0.5) is 17.6 Å². The number of halogens is 4. The Bertz CT molecular complexity index is 1280. The molecule has 4 rings (SSSR count). The molecule has 178 valence electrons. The second-order valence-electron chi connectivity index (χ2n) is 8.01. The van der Waals surface area contributed by atoms with Gasteiger partial charge >= 0.3 is 0 Å². The molecule has 0 N–H and O–H groups in total. The summed E-state index contributed by atoms with van der Waals surface area (Å²) in [6.45, 7) is 2.14. The standard InChI is InChI=1S/C29H23F4NO/c1-2-3-19-4-13-27(34-18-19)23-11-9-21(10-12-23)20-5-7-22(8-6-20)24-16-25(30)29(26(31)17-24)35-15-14-28(32)33/h4-18,28H,2-3H2,1H3. The highest BCUT2D eigenvalue weighted by atomic mass is 19.3. The van der Waals surface area contributed by atoms with Crippen molar-refractivity contribution in [3.63, 3.8) is 0 Å². The third-order valence-electron chi connectivity index (χ3n) is 5.50. The van der Waals surface area contributed by atoms with E-state index in [0.29, 0.717) is 23.5 Å². The van der Waals surface area contributed by atoms with Crippen LogP contribution in [0, 0.1) is 11.6 Å². The van der Waals surface area contributed by atoms with Crippen LogP contribution in [0.3, 0.4) is 0 Å². The Morgan fingerprint density at radius 2 is 1.31 bits per heavy atom. The lowest BCUT2D eigenvalue weighted by Gasteiger charge is -2.09. The van der Waals surface area contributed by atoms with E-state index in [1.807, 2.05) is 48.7 Å². The van der Waals surface area contributed by atoms with E-state index < -0.39 is 23.8 Å². The molecule has 6 heteroatoms. The van der Waals surface area contributed by atoms with Crippen LogP contribution in [-0.2, 0) is 6.42 Å². The van der Waals surface area contributed by atoms with Crippen LogP contribution in [0.25, 0.3) is 33.5 Å². The molecule has 35 heavy (non-hydrogen) atoms. The number of nitrogens with zero attached hydrogens (tertiary/aromatic N) is 1. The maximum Gasteiger partial charge on any atom is 0.260 e. The quantitative estimate of drug-likeness (QED) is 0.188. The molecule has 0 fully saturated rings. The summed E-state index contributed by atoms with van der Waals surface area (Å²) >= 11 is 0. The molecule has 1 aromatic heterocycles. The average molecular weight is 478 g/mol. The minimum atomic E-state index is -2.77. The number of alkyl halides is 2. The molecule has 0 radical (unpaired) electrons. The Labute approximate surface area is 201 Å². The molecule has 0 atom stereocenters. The molecule has 0 saturated carbocycles. The molecule has 0 saturated heterocycles. The van der Waals surface area contributed by atoms with E-state index >= 15 is 0 Å². The van der Waals surface area contributed by atoms with Crippen LogP contribution < -0.4 is 4.74 Å². The fourth-order valence-electron chi connectivity index (χ4n) is 3.73. The zero-order valence-corrected chi connectivity index (χ0v) is 19.0. The normalized spacial score (nSPS) is 11.4. The first kappa shape index (κ1) is 24.2. The Kier molecular flexibility index (Phi) is 7.60. The second-order valence-corrected chi connectivity index (χ2v) is 8.01. The Morgan fingerprint density at radius 3 is 1.80 bits per heavy atom. The lowest BCUT2D eigenvalue weighted by atomic mass is 9.98. The Balaban J connectivity index is 1.50. The first-order valence-electron chi connectivity index (χ1n) is 11.2. The number of hydrogen-bond acceptors (Lipinski definition) is 2. The Morgan fingerprint density at radius 1 is 0.771 bits per heavy atom. The number of aromatic nitrogens is 1. The molecule has 0 aliphatic carbocycles. The van der Waals surface area contributed by atoms with Gasteiger partial charge in [-0.15, -0.1) is 0 Å². The third-order valence-corrected chi connectivity index (χ3v) is 5.50. The molecule has 0 bridgehead atoms. The number of benzene rings is 3. The van der Waals surface area contributed by atoms with E-state index in [9.17, 15) is 17.6 Å². The molecule has 0 unspecified atom stereocenters. The minimum absolute atomic E-state index is 0.310. The summed E-state index contributed by atoms with van der Waals surface area (Å²) in [5.41, 5.74) is 6.01. The van der Waals surface area contributed by atoms with Crippen molar-refractivity contribution in [3.8, 4) is 39.3 Å². The number of pyridine rings is 1.